The maximum absolute atomic E-state index is 12.4. The van der Waals surface area contributed by atoms with Gasteiger partial charge in [0.1, 0.15) is 0 Å². The van der Waals surface area contributed by atoms with Crippen molar-refractivity contribution in [3.05, 3.63) is 53.6 Å². The molecule has 0 radical (unpaired) electrons. The number of hydrogen-bond acceptors (Lipinski definition) is 7. The fraction of sp³-hybridized carbons (Fsp3) is 0.250. The molecule has 0 unspecified atom stereocenters. The van der Waals surface area contributed by atoms with Gasteiger partial charge in [0.15, 0.2) is 17.3 Å². The number of aryl methyl sites for hydroxylation is 1. The third kappa shape index (κ3) is 3.98. The van der Waals surface area contributed by atoms with Gasteiger partial charge in [0, 0.05) is 11.1 Å². The van der Waals surface area contributed by atoms with E-state index in [9.17, 15) is 4.79 Å². The Morgan fingerprint density at radius 3 is 2.70 bits per heavy atom. The van der Waals surface area contributed by atoms with Gasteiger partial charge < -0.3 is 13.9 Å². The lowest BCUT2D eigenvalue weighted by Crippen LogP contribution is -2.02. The monoisotopic (exact) mass is 382 g/mol. The molecule has 1 aliphatic heterocycles. The predicted octanol–water partition coefficient (Wildman–Crippen LogP) is 4.39. The van der Waals surface area contributed by atoms with Gasteiger partial charge in [-0.15, -0.1) is 10.2 Å². The van der Waals surface area contributed by atoms with E-state index in [2.05, 4.69) is 17.1 Å². The molecule has 1 aromatic heterocycles. The van der Waals surface area contributed by atoms with Gasteiger partial charge in [0.05, 0.1) is 5.75 Å². The number of Topliss-reactive ketones (excluding diaryl/α,β-unsaturated/α-hetero) is 1. The van der Waals surface area contributed by atoms with Crippen LogP contribution in [0.4, 0.5) is 0 Å². The van der Waals surface area contributed by atoms with Crippen LogP contribution in [0.2, 0.25) is 0 Å². The molecule has 0 fully saturated rings. The molecule has 4 rings (SSSR count). The van der Waals surface area contributed by atoms with Crippen LogP contribution in [0, 0.1) is 0 Å². The van der Waals surface area contributed by atoms with E-state index in [1.165, 1.54) is 17.3 Å². The molecule has 3 aromatic rings. The minimum atomic E-state index is 0.0332. The van der Waals surface area contributed by atoms with Crippen LogP contribution in [-0.4, -0.2) is 28.5 Å². The Morgan fingerprint density at radius 2 is 1.89 bits per heavy atom. The first-order chi connectivity index (χ1) is 13.2. The van der Waals surface area contributed by atoms with E-state index in [-0.39, 0.29) is 18.3 Å². The van der Waals surface area contributed by atoms with Crippen molar-refractivity contribution in [3.63, 3.8) is 0 Å². The Bertz CT molecular complexity index is 953. The van der Waals surface area contributed by atoms with Gasteiger partial charge in [0.2, 0.25) is 12.7 Å². The van der Waals surface area contributed by atoms with E-state index < -0.39 is 0 Å². The SMILES string of the molecule is CCCc1ccc(C(=O)CSc2nnc(-c3ccc4c(c3)OCO4)o2)cc1. The van der Waals surface area contributed by atoms with Crippen LogP contribution in [0.3, 0.4) is 0 Å². The maximum Gasteiger partial charge on any atom is 0.277 e. The third-order valence-corrected chi connectivity index (χ3v) is 4.99. The molecule has 0 spiro atoms. The molecule has 0 saturated heterocycles. The highest BCUT2D eigenvalue weighted by Crippen LogP contribution is 2.36. The molecule has 7 heteroatoms. The zero-order chi connectivity index (χ0) is 18.6. The van der Waals surface area contributed by atoms with E-state index in [1.54, 1.807) is 12.1 Å². The number of carbonyl (C=O) groups excluding carboxylic acids is 1. The fourth-order valence-corrected chi connectivity index (χ4v) is 3.43. The highest BCUT2D eigenvalue weighted by Gasteiger charge is 2.17. The molecule has 27 heavy (non-hydrogen) atoms. The summed E-state index contributed by atoms with van der Waals surface area (Å²) < 4.78 is 16.3. The Kier molecular flexibility index (Phi) is 5.11. The number of aromatic nitrogens is 2. The quantitative estimate of drug-likeness (QED) is 0.443. The number of nitrogens with zero attached hydrogens (tertiary/aromatic N) is 2. The fourth-order valence-electron chi connectivity index (χ4n) is 2.77. The smallest absolute Gasteiger partial charge is 0.277 e. The molecule has 0 N–H and O–H groups in total. The van der Waals surface area contributed by atoms with Gasteiger partial charge in [-0.2, -0.15) is 0 Å². The lowest BCUT2D eigenvalue weighted by Gasteiger charge is -2.02. The Balaban J connectivity index is 1.38. The molecule has 138 valence electrons. The zero-order valence-corrected chi connectivity index (χ0v) is 15.6. The van der Waals surface area contributed by atoms with Gasteiger partial charge in [-0.25, -0.2) is 0 Å². The first-order valence-corrected chi connectivity index (χ1v) is 9.70. The highest BCUT2D eigenvalue weighted by atomic mass is 32.2. The summed E-state index contributed by atoms with van der Waals surface area (Å²) >= 11 is 1.23. The van der Waals surface area contributed by atoms with E-state index in [0.29, 0.717) is 28.2 Å². The van der Waals surface area contributed by atoms with Crippen LogP contribution in [0.25, 0.3) is 11.5 Å². The molecular weight excluding hydrogens is 364 g/mol. The minimum absolute atomic E-state index is 0.0332. The van der Waals surface area contributed by atoms with Crippen molar-refractivity contribution >= 4 is 17.5 Å². The summed E-state index contributed by atoms with van der Waals surface area (Å²) in [6.07, 6.45) is 2.11. The standard InChI is InChI=1S/C20H18N2O4S/c1-2-3-13-4-6-14(7-5-13)16(23)11-27-20-22-21-19(26-20)15-8-9-17-18(10-15)25-12-24-17/h4-10H,2-3,11-12H2,1H3. The molecular formula is C20H18N2O4S. The van der Waals surface area contributed by atoms with Crippen molar-refractivity contribution in [2.75, 3.05) is 12.5 Å². The van der Waals surface area contributed by atoms with E-state index in [4.69, 9.17) is 13.9 Å². The molecule has 2 aromatic carbocycles. The van der Waals surface area contributed by atoms with Crippen molar-refractivity contribution in [1.82, 2.24) is 10.2 Å². The summed E-state index contributed by atoms with van der Waals surface area (Å²) in [5.41, 5.74) is 2.68. The molecule has 0 aliphatic carbocycles. The number of rotatable bonds is 7. The molecule has 6 nitrogen and oxygen atoms in total. The van der Waals surface area contributed by atoms with Crippen molar-refractivity contribution in [2.45, 2.75) is 25.0 Å². The number of ketones is 1. The molecule has 0 atom stereocenters. The first-order valence-electron chi connectivity index (χ1n) is 8.71. The van der Waals surface area contributed by atoms with Crippen LogP contribution in [0.15, 0.2) is 52.1 Å². The lowest BCUT2D eigenvalue weighted by molar-refractivity contribution is 0.102. The second-order valence-electron chi connectivity index (χ2n) is 6.10. The van der Waals surface area contributed by atoms with Crippen molar-refractivity contribution in [1.29, 1.82) is 0 Å². The van der Waals surface area contributed by atoms with Gasteiger partial charge in [-0.05, 0) is 30.2 Å². The van der Waals surface area contributed by atoms with Crippen molar-refractivity contribution < 1.29 is 18.7 Å². The number of hydrogen-bond donors (Lipinski definition) is 0. The molecule has 0 saturated carbocycles. The number of thioether (sulfide) groups is 1. The van der Waals surface area contributed by atoms with Crippen LogP contribution >= 0.6 is 11.8 Å². The number of carbonyl (C=O) groups is 1. The average Bonchev–Trinajstić information content (AvgIpc) is 3.35. The van der Waals surface area contributed by atoms with Gasteiger partial charge in [0.25, 0.3) is 5.22 Å². The average molecular weight is 382 g/mol. The van der Waals surface area contributed by atoms with Crippen LogP contribution in [0.1, 0.15) is 29.3 Å². The number of fused-ring (bicyclic) bond motifs is 1. The molecule has 0 amide bonds. The first kappa shape index (κ1) is 17.6. The minimum Gasteiger partial charge on any atom is -0.454 e. The second-order valence-corrected chi connectivity index (χ2v) is 7.03. The maximum atomic E-state index is 12.4. The largest absolute Gasteiger partial charge is 0.454 e. The molecule has 1 aliphatic rings. The second kappa shape index (κ2) is 7.84. The Hall–Kier alpha value is -2.80. The summed E-state index contributed by atoms with van der Waals surface area (Å²) in [4.78, 5) is 12.4. The Labute approximate surface area is 160 Å². The molecule has 0 bridgehead atoms. The summed E-state index contributed by atoms with van der Waals surface area (Å²) in [6, 6.07) is 13.2. The van der Waals surface area contributed by atoms with Gasteiger partial charge >= 0.3 is 0 Å². The molecule has 2 heterocycles. The van der Waals surface area contributed by atoms with E-state index in [0.717, 1.165) is 18.4 Å². The highest BCUT2D eigenvalue weighted by molar-refractivity contribution is 7.99. The van der Waals surface area contributed by atoms with Gasteiger partial charge in [-0.1, -0.05) is 49.4 Å². The lowest BCUT2D eigenvalue weighted by atomic mass is 10.1. The topological polar surface area (TPSA) is 74.5 Å². The Morgan fingerprint density at radius 1 is 1.07 bits per heavy atom. The third-order valence-electron chi connectivity index (χ3n) is 4.17. The number of benzene rings is 2. The summed E-state index contributed by atoms with van der Waals surface area (Å²) in [7, 11) is 0. The van der Waals surface area contributed by atoms with Crippen LogP contribution in [0.5, 0.6) is 11.5 Å². The summed E-state index contributed by atoms with van der Waals surface area (Å²) in [6.45, 7) is 2.35. The van der Waals surface area contributed by atoms with Crippen LogP contribution < -0.4 is 9.47 Å². The van der Waals surface area contributed by atoms with Crippen LogP contribution in [-0.2, 0) is 6.42 Å². The number of ether oxygens (including phenoxy) is 2. The van der Waals surface area contributed by atoms with Crippen molar-refractivity contribution in [2.24, 2.45) is 0 Å². The van der Waals surface area contributed by atoms with Gasteiger partial charge in [-0.3, -0.25) is 4.79 Å². The summed E-state index contributed by atoms with van der Waals surface area (Å²) in [5.74, 6) is 2.01. The normalized spacial score (nSPS) is 12.3. The van der Waals surface area contributed by atoms with E-state index >= 15 is 0 Å². The predicted molar refractivity (Wildman–Crippen MR) is 101 cm³/mol. The van der Waals surface area contributed by atoms with Crippen molar-refractivity contribution in [3.8, 4) is 23.0 Å². The zero-order valence-electron chi connectivity index (χ0n) is 14.8. The van der Waals surface area contributed by atoms with E-state index in [1.807, 2.05) is 30.3 Å². The summed E-state index contributed by atoms with van der Waals surface area (Å²) in [5, 5.41) is 8.42.